The SMILES string of the molecule is CCOc1cc(/C=N\NC(=O)[C@@H](CC(C)C)NC(=O)COc2ccccc2C)cc(I)c1O. The molecule has 0 fully saturated rings. The number of para-hydroxylation sites is 1. The Hall–Kier alpha value is -2.82. The molecule has 2 aromatic rings. The van der Waals surface area contributed by atoms with Gasteiger partial charge in [0, 0.05) is 0 Å². The number of benzene rings is 2. The van der Waals surface area contributed by atoms with Crippen LogP contribution in [0, 0.1) is 16.4 Å². The Morgan fingerprint density at radius 3 is 2.58 bits per heavy atom. The molecule has 33 heavy (non-hydrogen) atoms. The van der Waals surface area contributed by atoms with E-state index in [0.29, 0.717) is 33.7 Å². The Morgan fingerprint density at radius 1 is 1.18 bits per heavy atom. The van der Waals surface area contributed by atoms with Crippen LogP contribution in [-0.2, 0) is 9.59 Å². The Balaban J connectivity index is 1.99. The number of rotatable bonds is 11. The monoisotopic (exact) mass is 567 g/mol. The number of halogens is 1. The van der Waals surface area contributed by atoms with Gasteiger partial charge >= 0.3 is 0 Å². The number of ether oxygens (including phenoxy) is 2. The molecule has 2 amide bonds. The molecule has 0 saturated heterocycles. The van der Waals surface area contributed by atoms with Crippen molar-refractivity contribution in [1.82, 2.24) is 10.7 Å². The summed E-state index contributed by atoms with van der Waals surface area (Å²) in [5, 5.41) is 16.8. The van der Waals surface area contributed by atoms with Crippen LogP contribution in [0.15, 0.2) is 41.5 Å². The fourth-order valence-corrected chi connectivity index (χ4v) is 3.61. The Kier molecular flexibility index (Phi) is 10.4. The van der Waals surface area contributed by atoms with Gasteiger partial charge in [0.05, 0.1) is 16.4 Å². The Labute approximate surface area is 207 Å². The van der Waals surface area contributed by atoms with E-state index in [4.69, 9.17) is 9.47 Å². The molecule has 0 saturated carbocycles. The van der Waals surface area contributed by atoms with Crippen molar-refractivity contribution in [3.05, 3.63) is 51.1 Å². The van der Waals surface area contributed by atoms with Crippen molar-refractivity contribution in [2.45, 2.75) is 40.2 Å². The largest absolute Gasteiger partial charge is 0.504 e. The molecular weight excluding hydrogens is 537 g/mol. The first-order valence-corrected chi connectivity index (χ1v) is 11.7. The summed E-state index contributed by atoms with van der Waals surface area (Å²) in [5.41, 5.74) is 4.05. The molecule has 178 valence electrons. The summed E-state index contributed by atoms with van der Waals surface area (Å²) in [7, 11) is 0. The van der Waals surface area contributed by atoms with E-state index >= 15 is 0 Å². The number of nitrogens with zero attached hydrogens (tertiary/aromatic N) is 1. The summed E-state index contributed by atoms with van der Waals surface area (Å²) >= 11 is 1.99. The minimum Gasteiger partial charge on any atom is -0.504 e. The van der Waals surface area contributed by atoms with E-state index in [-0.39, 0.29) is 18.3 Å². The fraction of sp³-hybridized carbons (Fsp3) is 0.375. The van der Waals surface area contributed by atoms with E-state index in [2.05, 4.69) is 15.8 Å². The van der Waals surface area contributed by atoms with Crippen LogP contribution in [0.1, 0.15) is 38.3 Å². The van der Waals surface area contributed by atoms with Crippen molar-refractivity contribution in [3.63, 3.8) is 0 Å². The van der Waals surface area contributed by atoms with Crippen molar-refractivity contribution in [2.75, 3.05) is 13.2 Å². The molecule has 0 bridgehead atoms. The maximum Gasteiger partial charge on any atom is 0.262 e. The van der Waals surface area contributed by atoms with Crippen molar-refractivity contribution in [1.29, 1.82) is 0 Å². The second-order valence-electron chi connectivity index (χ2n) is 7.82. The van der Waals surface area contributed by atoms with Crippen LogP contribution in [0.5, 0.6) is 17.2 Å². The van der Waals surface area contributed by atoms with E-state index in [9.17, 15) is 14.7 Å². The Bertz CT molecular complexity index is 994. The second kappa shape index (κ2) is 13.0. The van der Waals surface area contributed by atoms with Gasteiger partial charge in [-0.25, -0.2) is 5.43 Å². The van der Waals surface area contributed by atoms with Gasteiger partial charge in [-0.1, -0.05) is 32.0 Å². The van der Waals surface area contributed by atoms with E-state index in [1.165, 1.54) is 6.21 Å². The number of phenols is 1. The highest BCUT2D eigenvalue weighted by Crippen LogP contribution is 2.32. The van der Waals surface area contributed by atoms with Gasteiger partial charge in [0.25, 0.3) is 11.8 Å². The van der Waals surface area contributed by atoms with Crippen LogP contribution in [-0.4, -0.2) is 42.4 Å². The van der Waals surface area contributed by atoms with Crippen LogP contribution in [0.3, 0.4) is 0 Å². The van der Waals surface area contributed by atoms with Crippen molar-refractivity contribution < 1.29 is 24.2 Å². The molecule has 2 aromatic carbocycles. The predicted octanol–water partition coefficient (Wildman–Crippen LogP) is 3.76. The molecule has 9 heteroatoms. The maximum absolute atomic E-state index is 12.7. The molecule has 2 rings (SSSR count). The van der Waals surface area contributed by atoms with Crippen molar-refractivity contribution in [2.24, 2.45) is 11.0 Å². The number of aryl methyl sites for hydroxylation is 1. The first-order chi connectivity index (χ1) is 15.7. The van der Waals surface area contributed by atoms with Gasteiger partial charge in [0.1, 0.15) is 11.8 Å². The molecule has 3 N–H and O–H groups in total. The van der Waals surface area contributed by atoms with Gasteiger partial charge in [0.2, 0.25) is 0 Å². The van der Waals surface area contributed by atoms with E-state index in [1.807, 2.05) is 68.5 Å². The number of hydrazone groups is 1. The highest BCUT2D eigenvalue weighted by atomic mass is 127. The highest BCUT2D eigenvalue weighted by molar-refractivity contribution is 14.1. The first kappa shape index (κ1) is 26.4. The molecular formula is C24H30IN3O5. The lowest BCUT2D eigenvalue weighted by molar-refractivity contribution is -0.130. The van der Waals surface area contributed by atoms with Gasteiger partial charge in [-0.3, -0.25) is 9.59 Å². The third kappa shape index (κ3) is 8.56. The minimum atomic E-state index is -0.756. The van der Waals surface area contributed by atoms with Crippen LogP contribution >= 0.6 is 22.6 Å². The van der Waals surface area contributed by atoms with Crippen molar-refractivity contribution >= 4 is 40.6 Å². The first-order valence-electron chi connectivity index (χ1n) is 10.7. The predicted molar refractivity (Wildman–Crippen MR) is 136 cm³/mol. The number of hydrogen-bond acceptors (Lipinski definition) is 6. The van der Waals surface area contributed by atoms with Gasteiger partial charge < -0.3 is 19.9 Å². The second-order valence-corrected chi connectivity index (χ2v) is 8.98. The number of hydrogen-bond donors (Lipinski definition) is 3. The van der Waals surface area contributed by atoms with E-state index in [1.54, 1.807) is 18.2 Å². The molecule has 0 aromatic heterocycles. The van der Waals surface area contributed by atoms with Crippen LogP contribution in [0.2, 0.25) is 0 Å². The molecule has 0 radical (unpaired) electrons. The third-order valence-electron chi connectivity index (χ3n) is 4.55. The summed E-state index contributed by atoms with van der Waals surface area (Å²) in [4.78, 5) is 25.1. The zero-order valence-corrected chi connectivity index (χ0v) is 21.4. The van der Waals surface area contributed by atoms with Crippen LogP contribution < -0.4 is 20.2 Å². The smallest absolute Gasteiger partial charge is 0.262 e. The van der Waals surface area contributed by atoms with Crippen LogP contribution in [0.4, 0.5) is 0 Å². The molecule has 1 atom stereocenters. The van der Waals surface area contributed by atoms with Gasteiger partial charge in [-0.2, -0.15) is 5.10 Å². The molecule has 0 heterocycles. The van der Waals surface area contributed by atoms with Crippen LogP contribution in [0.25, 0.3) is 0 Å². The summed E-state index contributed by atoms with van der Waals surface area (Å²) in [6, 6.07) is 10.00. The lowest BCUT2D eigenvalue weighted by Gasteiger charge is -2.19. The fourth-order valence-electron chi connectivity index (χ4n) is 2.98. The average molecular weight is 567 g/mol. The number of carbonyl (C=O) groups excluding carboxylic acids is 2. The molecule has 0 aliphatic carbocycles. The lowest BCUT2D eigenvalue weighted by atomic mass is 10.0. The summed E-state index contributed by atoms with van der Waals surface area (Å²) in [6.45, 7) is 7.86. The molecule has 0 aliphatic rings. The number of carbonyl (C=O) groups is 2. The van der Waals surface area contributed by atoms with E-state index < -0.39 is 17.9 Å². The standard InChI is InChI=1S/C24H30IN3O5/c1-5-32-21-12-17(11-18(25)23(21)30)13-26-28-24(31)19(10-15(2)3)27-22(29)14-33-20-9-7-6-8-16(20)4/h6-9,11-13,15,19,30H,5,10,14H2,1-4H3,(H,27,29)(H,28,31)/b26-13-/t19-/m1/s1. The molecule has 0 spiro atoms. The minimum absolute atomic E-state index is 0.0614. The van der Waals surface area contributed by atoms with Gasteiger partial charge in [-0.15, -0.1) is 0 Å². The third-order valence-corrected chi connectivity index (χ3v) is 5.37. The van der Waals surface area contributed by atoms with Gasteiger partial charge in [0.15, 0.2) is 18.1 Å². The van der Waals surface area contributed by atoms with E-state index in [0.717, 1.165) is 5.56 Å². The zero-order valence-electron chi connectivity index (χ0n) is 19.2. The molecule has 8 nitrogen and oxygen atoms in total. The quantitative estimate of drug-likeness (QED) is 0.218. The lowest BCUT2D eigenvalue weighted by Crippen LogP contribution is -2.47. The topological polar surface area (TPSA) is 109 Å². The average Bonchev–Trinajstić information content (AvgIpc) is 2.76. The summed E-state index contributed by atoms with van der Waals surface area (Å²) in [6.07, 6.45) is 1.90. The number of aromatic hydroxyl groups is 1. The van der Waals surface area contributed by atoms with Crippen molar-refractivity contribution in [3.8, 4) is 17.2 Å². The van der Waals surface area contributed by atoms with Gasteiger partial charge in [-0.05, 0) is 78.1 Å². The highest BCUT2D eigenvalue weighted by Gasteiger charge is 2.22. The summed E-state index contributed by atoms with van der Waals surface area (Å²) in [5.74, 6) is 0.383. The Morgan fingerprint density at radius 2 is 1.91 bits per heavy atom. The number of nitrogens with one attached hydrogen (secondary N) is 2. The number of amides is 2. The normalized spacial score (nSPS) is 11.9. The molecule has 0 unspecified atom stereocenters. The zero-order chi connectivity index (χ0) is 24.4. The number of phenolic OH excluding ortho intramolecular Hbond substituents is 1. The summed E-state index contributed by atoms with van der Waals surface area (Å²) < 4.78 is 11.6. The maximum atomic E-state index is 12.7. The molecule has 0 aliphatic heterocycles.